The minimum absolute atomic E-state index is 0.0251. The monoisotopic (exact) mass is 347 g/mol. The first-order chi connectivity index (χ1) is 12.1. The summed E-state index contributed by atoms with van der Waals surface area (Å²) < 4.78 is 6.49. The summed E-state index contributed by atoms with van der Waals surface area (Å²) in [7, 11) is 1.63. The molecule has 3 rings (SSSR count). The number of aromatic nitrogens is 1. The molecule has 0 N–H and O–H groups in total. The molecule has 0 radical (unpaired) electrons. The van der Waals surface area contributed by atoms with Crippen molar-refractivity contribution in [2.75, 3.05) is 39.9 Å². The van der Waals surface area contributed by atoms with Gasteiger partial charge in [-0.2, -0.15) is 0 Å². The van der Waals surface area contributed by atoms with Crippen molar-refractivity contribution < 1.29 is 14.3 Å². The van der Waals surface area contributed by atoms with Crippen LogP contribution in [-0.2, 0) is 20.9 Å². The molecule has 2 aliphatic rings. The van der Waals surface area contributed by atoms with Gasteiger partial charge in [0.15, 0.2) is 0 Å². The Morgan fingerprint density at radius 3 is 2.84 bits per heavy atom. The average Bonchev–Trinajstić information content (AvgIpc) is 3.04. The summed E-state index contributed by atoms with van der Waals surface area (Å²) in [6.45, 7) is 2.94. The molecule has 1 aromatic rings. The van der Waals surface area contributed by atoms with Crippen molar-refractivity contribution >= 4 is 11.8 Å². The molecule has 0 aliphatic carbocycles. The summed E-state index contributed by atoms with van der Waals surface area (Å²) in [6, 6.07) is 4.83. The molecule has 1 atom stereocenters. The topological polar surface area (TPSA) is 71.8 Å². The fraction of sp³-hybridized carbons (Fsp3) is 0.611. The van der Waals surface area contributed by atoms with Crippen LogP contribution in [0.25, 0.3) is 0 Å². The van der Waals surface area contributed by atoms with Crippen LogP contribution in [0.1, 0.15) is 19.3 Å². The van der Waals surface area contributed by atoms with Gasteiger partial charge in [-0.25, -0.2) is 0 Å². The van der Waals surface area contributed by atoms with Crippen LogP contribution in [0, 0.1) is 5.41 Å². The van der Waals surface area contributed by atoms with E-state index in [1.807, 2.05) is 4.90 Å². The van der Waals surface area contributed by atoms with Crippen molar-refractivity contribution in [3.63, 3.8) is 0 Å². The molecule has 7 heteroatoms. The number of carbonyl (C=O) groups is 2. The standard InChI is InChI=1S/C18H25N3O4/c1-25-12-11-19-9-4-6-18(17(19)24)7-10-21(14-18)16(23)13-20-8-3-2-5-15(20)22/h2-3,5,8H,4,6-7,9-14H2,1H3. The van der Waals surface area contributed by atoms with Crippen LogP contribution < -0.4 is 5.56 Å². The molecule has 2 saturated heterocycles. The van der Waals surface area contributed by atoms with Gasteiger partial charge in [0.1, 0.15) is 6.54 Å². The van der Waals surface area contributed by atoms with Gasteiger partial charge in [-0.05, 0) is 25.3 Å². The number of hydrogen-bond acceptors (Lipinski definition) is 4. The van der Waals surface area contributed by atoms with Gasteiger partial charge in [-0.1, -0.05) is 6.07 Å². The number of methoxy groups -OCH3 is 1. The molecular weight excluding hydrogens is 322 g/mol. The Kier molecular flexibility index (Phi) is 5.22. The van der Waals surface area contributed by atoms with Crippen molar-refractivity contribution in [1.82, 2.24) is 14.4 Å². The normalized spacial score (nSPS) is 23.5. The fourth-order valence-corrected chi connectivity index (χ4v) is 3.87. The second-order valence-electron chi connectivity index (χ2n) is 6.90. The SMILES string of the molecule is COCCN1CCCC2(CCN(C(=O)Cn3ccccc3=O)C2)C1=O. The lowest BCUT2D eigenvalue weighted by atomic mass is 9.78. The van der Waals surface area contributed by atoms with E-state index < -0.39 is 5.41 Å². The molecule has 2 fully saturated rings. The summed E-state index contributed by atoms with van der Waals surface area (Å²) in [5.74, 6) is 0.0370. The van der Waals surface area contributed by atoms with Crippen LogP contribution in [0.4, 0.5) is 0 Å². The third-order valence-corrected chi connectivity index (χ3v) is 5.30. The van der Waals surface area contributed by atoms with E-state index >= 15 is 0 Å². The van der Waals surface area contributed by atoms with Gasteiger partial charge < -0.3 is 19.1 Å². The molecule has 2 aliphatic heterocycles. The Balaban J connectivity index is 1.66. The van der Waals surface area contributed by atoms with Gasteiger partial charge in [-0.15, -0.1) is 0 Å². The quantitative estimate of drug-likeness (QED) is 0.770. The zero-order valence-electron chi connectivity index (χ0n) is 14.6. The van der Waals surface area contributed by atoms with Gasteiger partial charge in [0.05, 0.1) is 12.0 Å². The molecule has 0 saturated carbocycles. The highest BCUT2D eigenvalue weighted by molar-refractivity contribution is 5.86. The predicted molar refractivity (Wildman–Crippen MR) is 92.0 cm³/mol. The zero-order chi connectivity index (χ0) is 17.9. The van der Waals surface area contributed by atoms with E-state index in [0.717, 1.165) is 19.4 Å². The number of rotatable bonds is 5. The van der Waals surface area contributed by atoms with E-state index in [0.29, 0.717) is 32.7 Å². The highest BCUT2D eigenvalue weighted by Gasteiger charge is 2.49. The van der Waals surface area contributed by atoms with Crippen molar-refractivity contribution in [3.05, 3.63) is 34.7 Å². The van der Waals surface area contributed by atoms with Gasteiger partial charge in [0.25, 0.3) is 5.56 Å². The number of pyridine rings is 1. The highest BCUT2D eigenvalue weighted by atomic mass is 16.5. The molecule has 0 bridgehead atoms. The minimum atomic E-state index is -0.455. The van der Waals surface area contributed by atoms with Crippen molar-refractivity contribution in [3.8, 4) is 0 Å². The first kappa shape index (κ1) is 17.7. The molecule has 0 aromatic carbocycles. The van der Waals surface area contributed by atoms with Crippen molar-refractivity contribution in [2.24, 2.45) is 5.41 Å². The lowest BCUT2D eigenvalue weighted by Crippen LogP contribution is -2.51. The molecule has 1 spiro atoms. The molecule has 7 nitrogen and oxygen atoms in total. The maximum absolute atomic E-state index is 12.9. The molecule has 2 amide bonds. The van der Waals surface area contributed by atoms with Crippen molar-refractivity contribution in [2.45, 2.75) is 25.8 Å². The van der Waals surface area contributed by atoms with E-state index in [4.69, 9.17) is 4.74 Å². The fourth-order valence-electron chi connectivity index (χ4n) is 3.87. The maximum Gasteiger partial charge on any atom is 0.250 e. The number of likely N-dealkylation sites (tertiary alicyclic amines) is 2. The second-order valence-corrected chi connectivity index (χ2v) is 6.90. The molecule has 1 aromatic heterocycles. The molecular formula is C18H25N3O4. The predicted octanol–water partition coefficient (Wildman–Crippen LogP) is 0.336. The number of hydrogen-bond donors (Lipinski definition) is 0. The lowest BCUT2D eigenvalue weighted by Gasteiger charge is -2.39. The molecule has 1 unspecified atom stereocenters. The molecule has 25 heavy (non-hydrogen) atoms. The van der Waals surface area contributed by atoms with Crippen LogP contribution in [-0.4, -0.2) is 66.1 Å². The number of piperidine rings is 1. The van der Waals surface area contributed by atoms with Crippen LogP contribution in [0.3, 0.4) is 0 Å². The van der Waals surface area contributed by atoms with E-state index in [9.17, 15) is 14.4 Å². The number of nitrogens with zero attached hydrogens (tertiary/aromatic N) is 3. The van der Waals surface area contributed by atoms with Crippen LogP contribution >= 0.6 is 0 Å². The Morgan fingerprint density at radius 2 is 2.08 bits per heavy atom. The van der Waals surface area contributed by atoms with Crippen LogP contribution in [0.2, 0.25) is 0 Å². The van der Waals surface area contributed by atoms with Gasteiger partial charge in [0.2, 0.25) is 11.8 Å². The van der Waals surface area contributed by atoms with Gasteiger partial charge >= 0.3 is 0 Å². The smallest absolute Gasteiger partial charge is 0.250 e. The summed E-state index contributed by atoms with van der Waals surface area (Å²) in [4.78, 5) is 40.9. The van der Waals surface area contributed by atoms with Crippen LogP contribution in [0.5, 0.6) is 0 Å². The molecule has 3 heterocycles. The Hall–Kier alpha value is -2.15. The van der Waals surface area contributed by atoms with E-state index in [-0.39, 0.29) is 23.9 Å². The first-order valence-electron chi connectivity index (χ1n) is 8.77. The lowest BCUT2D eigenvalue weighted by molar-refractivity contribution is -0.146. The highest BCUT2D eigenvalue weighted by Crippen LogP contribution is 2.40. The van der Waals surface area contributed by atoms with Crippen molar-refractivity contribution in [1.29, 1.82) is 0 Å². The van der Waals surface area contributed by atoms with E-state index in [1.54, 1.807) is 30.3 Å². The number of ether oxygens (including phenoxy) is 1. The zero-order valence-corrected chi connectivity index (χ0v) is 14.6. The summed E-state index contributed by atoms with van der Waals surface area (Å²) >= 11 is 0. The first-order valence-corrected chi connectivity index (χ1v) is 8.77. The average molecular weight is 347 g/mol. The number of carbonyl (C=O) groups excluding carboxylic acids is 2. The Bertz CT molecular complexity index is 702. The van der Waals surface area contributed by atoms with Crippen LogP contribution in [0.15, 0.2) is 29.2 Å². The second kappa shape index (κ2) is 7.39. The largest absolute Gasteiger partial charge is 0.383 e. The van der Waals surface area contributed by atoms with E-state index in [1.165, 1.54) is 10.6 Å². The summed E-state index contributed by atoms with van der Waals surface area (Å²) in [5, 5.41) is 0. The maximum atomic E-state index is 12.9. The molecule has 136 valence electrons. The Labute approximate surface area is 147 Å². The third-order valence-electron chi connectivity index (χ3n) is 5.30. The summed E-state index contributed by atoms with van der Waals surface area (Å²) in [6.07, 6.45) is 4.09. The summed E-state index contributed by atoms with van der Waals surface area (Å²) in [5.41, 5.74) is -0.646. The Morgan fingerprint density at radius 1 is 1.24 bits per heavy atom. The van der Waals surface area contributed by atoms with Gasteiger partial charge in [0, 0.05) is 45.6 Å². The van der Waals surface area contributed by atoms with Gasteiger partial charge in [-0.3, -0.25) is 14.4 Å². The third kappa shape index (κ3) is 3.61. The minimum Gasteiger partial charge on any atom is -0.383 e. The number of amides is 2. The van der Waals surface area contributed by atoms with E-state index in [2.05, 4.69) is 0 Å².